The Balaban J connectivity index is 2.93. The van der Waals surface area contributed by atoms with Crippen LogP contribution in [-0.2, 0) is 11.0 Å². The number of hydrogen-bond acceptors (Lipinski definition) is 4. The average molecular weight is 265 g/mol. The summed E-state index contributed by atoms with van der Waals surface area (Å²) in [5.41, 5.74) is -1.37. The second-order valence-corrected chi connectivity index (χ2v) is 3.61. The number of hydrogen-bond donors (Lipinski definition) is 3. The highest BCUT2D eigenvalue weighted by Gasteiger charge is 2.32. The van der Waals surface area contributed by atoms with E-state index in [9.17, 15) is 28.2 Å². The van der Waals surface area contributed by atoms with Gasteiger partial charge in [0.1, 0.15) is 6.10 Å². The number of aromatic nitrogens is 1. The average Bonchev–Trinajstić information content (AvgIpc) is 2.26. The van der Waals surface area contributed by atoms with Gasteiger partial charge in [0.15, 0.2) is 0 Å². The van der Waals surface area contributed by atoms with Gasteiger partial charge in [-0.1, -0.05) is 0 Å². The van der Waals surface area contributed by atoms with Crippen molar-refractivity contribution in [2.45, 2.75) is 24.8 Å². The molecule has 0 aliphatic carbocycles. The summed E-state index contributed by atoms with van der Waals surface area (Å²) in [4.78, 5) is 13.6. The maximum absolute atomic E-state index is 12.4. The molecule has 2 atom stereocenters. The Morgan fingerprint density at radius 1 is 1.33 bits per heavy atom. The molecule has 0 bridgehead atoms. The highest BCUT2D eigenvalue weighted by molar-refractivity contribution is 5.67. The van der Waals surface area contributed by atoms with Crippen molar-refractivity contribution < 1.29 is 33.3 Å². The molecule has 1 rings (SSSR count). The SMILES string of the molecule is O=C(O)CC(O)C(O)c1cncc(C(F)(F)F)c1. The summed E-state index contributed by atoms with van der Waals surface area (Å²) in [6.07, 6.45) is -7.34. The first-order valence-corrected chi connectivity index (χ1v) is 4.82. The third-order valence-corrected chi connectivity index (χ3v) is 2.18. The van der Waals surface area contributed by atoms with Gasteiger partial charge in [0.05, 0.1) is 18.1 Å². The number of aliphatic hydroxyl groups is 2. The number of carbonyl (C=O) groups is 1. The van der Waals surface area contributed by atoms with Crippen molar-refractivity contribution in [3.63, 3.8) is 0 Å². The largest absolute Gasteiger partial charge is 0.481 e. The van der Waals surface area contributed by atoms with Gasteiger partial charge in [0.25, 0.3) is 0 Å². The molecule has 0 aromatic carbocycles. The number of carboxylic acids is 1. The van der Waals surface area contributed by atoms with Gasteiger partial charge in [0, 0.05) is 18.0 Å². The van der Waals surface area contributed by atoms with Crippen LogP contribution in [0.4, 0.5) is 13.2 Å². The molecule has 8 heteroatoms. The van der Waals surface area contributed by atoms with Crippen molar-refractivity contribution in [2.75, 3.05) is 0 Å². The van der Waals surface area contributed by atoms with Gasteiger partial charge < -0.3 is 15.3 Å². The molecule has 2 unspecified atom stereocenters. The molecule has 0 saturated heterocycles. The summed E-state index contributed by atoms with van der Waals surface area (Å²) >= 11 is 0. The van der Waals surface area contributed by atoms with Crippen LogP contribution < -0.4 is 0 Å². The first-order chi connectivity index (χ1) is 8.21. The van der Waals surface area contributed by atoms with Crippen LogP contribution in [0.15, 0.2) is 18.5 Å². The molecule has 1 heterocycles. The minimum absolute atomic E-state index is 0.293. The van der Waals surface area contributed by atoms with Crippen LogP contribution in [0.25, 0.3) is 0 Å². The normalized spacial score (nSPS) is 15.2. The summed E-state index contributed by atoms with van der Waals surface area (Å²) < 4.78 is 37.1. The van der Waals surface area contributed by atoms with E-state index in [1.807, 2.05) is 0 Å². The first-order valence-electron chi connectivity index (χ1n) is 4.82. The number of halogens is 3. The quantitative estimate of drug-likeness (QED) is 0.754. The lowest BCUT2D eigenvalue weighted by Crippen LogP contribution is -2.22. The van der Waals surface area contributed by atoms with Gasteiger partial charge in [-0.05, 0) is 6.07 Å². The van der Waals surface area contributed by atoms with Crippen LogP contribution in [0.1, 0.15) is 23.7 Å². The van der Waals surface area contributed by atoms with Gasteiger partial charge in [-0.2, -0.15) is 13.2 Å². The third-order valence-electron chi connectivity index (χ3n) is 2.18. The molecule has 0 saturated carbocycles. The predicted molar refractivity (Wildman–Crippen MR) is 52.5 cm³/mol. The van der Waals surface area contributed by atoms with Gasteiger partial charge >= 0.3 is 12.1 Å². The Labute approximate surface area is 99.5 Å². The maximum atomic E-state index is 12.4. The Morgan fingerprint density at radius 2 is 1.94 bits per heavy atom. The molecule has 0 radical (unpaired) electrons. The van der Waals surface area contributed by atoms with E-state index in [2.05, 4.69) is 4.98 Å². The molecule has 3 N–H and O–H groups in total. The molecule has 100 valence electrons. The van der Waals surface area contributed by atoms with Crippen LogP contribution in [0, 0.1) is 0 Å². The van der Waals surface area contributed by atoms with Crippen molar-refractivity contribution in [3.8, 4) is 0 Å². The summed E-state index contributed by atoms with van der Waals surface area (Å²) in [6, 6.07) is 0.614. The number of pyridine rings is 1. The fourth-order valence-electron chi connectivity index (χ4n) is 1.29. The van der Waals surface area contributed by atoms with E-state index in [1.54, 1.807) is 0 Å². The van der Waals surface area contributed by atoms with Crippen molar-refractivity contribution in [1.29, 1.82) is 0 Å². The molecule has 0 aliphatic heterocycles. The Hall–Kier alpha value is -1.67. The summed E-state index contributed by atoms with van der Waals surface area (Å²) in [5, 5.41) is 27.2. The monoisotopic (exact) mass is 265 g/mol. The number of carboxylic acid groups (broad SMARTS) is 1. The molecule has 5 nitrogen and oxygen atoms in total. The van der Waals surface area contributed by atoms with Gasteiger partial charge in [0.2, 0.25) is 0 Å². The second-order valence-electron chi connectivity index (χ2n) is 3.61. The lowest BCUT2D eigenvalue weighted by Gasteiger charge is -2.17. The Bertz CT molecular complexity index is 435. The minimum Gasteiger partial charge on any atom is -0.481 e. The molecule has 1 aromatic heterocycles. The molecular weight excluding hydrogens is 255 g/mol. The van der Waals surface area contributed by atoms with E-state index >= 15 is 0 Å². The van der Waals surface area contributed by atoms with Crippen LogP contribution in [-0.4, -0.2) is 32.4 Å². The smallest absolute Gasteiger partial charge is 0.417 e. The summed E-state index contributed by atoms with van der Waals surface area (Å²) in [5.74, 6) is -1.37. The molecule has 0 aliphatic rings. The number of rotatable bonds is 4. The Kier molecular flexibility index (Phi) is 4.25. The molecule has 1 aromatic rings. The zero-order chi connectivity index (χ0) is 13.9. The van der Waals surface area contributed by atoms with Crippen LogP contribution in [0.3, 0.4) is 0 Å². The fourth-order valence-corrected chi connectivity index (χ4v) is 1.29. The molecule has 0 amide bonds. The fraction of sp³-hybridized carbons (Fsp3) is 0.400. The van der Waals surface area contributed by atoms with Crippen LogP contribution in [0.2, 0.25) is 0 Å². The van der Waals surface area contributed by atoms with Crippen molar-refractivity contribution in [2.24, 2.45) is 0 Å². The Morgan fingerprint density at radius 3 is 2.44 bits per heavy atom. The van der Waals surface area contributed by atoms with E-state index in [-0.39, 0.29) is 5.56 Å². The zero-order valence-corrected chi connectivity index (χ0v) is 8.92. The number of aliphatic hydroxyl groups excluding tert-OH is 2. The van der Waals surface area contributed by atoms with Crippen molar-refractivity contribution >= 4 is 5.97 Å². The lowest BCUT2D eigenvalue weighted by atomic mass is 10.0. The van der Waals surface area contributed by atoms with E-state index in [4.69, 9.17) is 5.11 Å². The third kappa shape index (κ3) is 3.67. The van der Waals surface area contributed by atoms with Gasteiger partial charge in [-0.25, -0.2) is 0 Å². The van der Waals surface area contributed by atoms with Gasteiger partial charge in [-0.15, -0.1) is 0 Å². The number of alkyl halides is 3. The number of nitrogens with zero attached hydrogens (tertiary/aromatic N) is 1. The summed E-state index contributed by atoms with van der Waals surface area (Å²) in [6.45, 7) is 0. The molecular formula is C10H10F3NO4. The molecule has 18 heavy (non-hydrogen) atoms. The highest BCUT2D eigenvalue weighted by Crippen LogP contribution is 2.30. The zero-order valence-electron chi connectivity index (χ0n) is 8.92. The second kappa shape index (κ2) is 5.32. The molecule has 0 spiro atoms. The van der Waals surface area contributed by atoms with Gasteiger partial charge in [-0.3, -0.25) is 9.78 Å². The minimum atomic E-state index is -4.62. The maximum Gasteiger partial charge on any atom is 0.417 e. The van der Waals surface area contributed by atoms with E-state index in [1.165, 1.54) is 0 Å². The van der Waals surface area contributed by atoms with E-state index in [0.29, 0.717) is 12.3 Å². The van der Waals surface area contributed by atoms with Crippen LogP contribution >= 0.6 is 0 Å². The van der Waals surface area contributed by atoms with Crippen molar-refractivity contribution in [1.82, 2.24) is 4.98 Å². The van der Waals surface area contributed by atoms with E-state index in [0.717, 1.165) is 6.20 Å². The standard InChI is InChI=1S/C10H10F3NO4/c11-10(12,13)6-1-5(3-14-4-6)9(18)7(15)2-8(16)17/h1,3-4,7,9,15,18H,2H2,(H,16,17). The first kappa shape index (κ1) is 14.4. The number of aliphatic carboxylic acids is 1. The molecule has 0 fully saturated rings. The topological polar surface area (TPSA) is 90.7 Å². The van der Waals surface area contributed by atoms with Crippen molar-refractivity contribution in [3.05, 3.63) is 29.6 Å². The lowest BCUT2D eigenvalue weighted by molar-refractivity contribution is -0.141. The predicted octanol–water partition coefficient (Wildman–Crippen LogP) is 0.969. The highest BCUT2D eigenvalue weighted by atomic mass is 19.4. The van der Waals surface area contributed by atoms with E-state index < -0.39 is 36.3 Å². The van der Waals surface area contributed by atoms with Crippen LogP contribution in [0.5, 0.6) is 0 Å². The summed E-state index contributed by atoms with van der Waals surface area (Å²) in [7, 11) is 0.